The summed E-state index contributed by atoms with van der Waals surface area (Å²) in [5, 5.41) is 19.8. The smallest absolute Gasteiger partial charge is 0.197 e. The maximum Gasteiger partial charge on any atom is 0.197 e. The van der Waals surface area contributed by atoms with Gasteiger partial charge in [-0.1, -0.05) is 0 Å². The topological polar surface area (TPSA) is 89.1 Å². The van der Waals surface area contributed by atoms with Gasteiger partial charge in [-0.15, -0.1) is 0 Å². The summed E-state index contributed by atoms with van der Waals surface area (Å²) in [6.45, 7) is 1.61. The van der Waals surface area contributed by atoms with Crippen molar-refractivity contribution >= 4 is 11.0 Å². The molecule has 0 saturated carbocycles. The van der Waals surface area contributed by atoms with E-state index in [1.54, 1.807) is 25.1 Å². The highest BCUT2D eigenvalue weighted by Crippen LogP contribution is 2.36. The van der Waals surface area contributed by atoms with Crippen molar-refractivity contribution in [1.29, 1.82) is 0 Å². The SMILES string of the molecule is COc1ccc(-c2cc(=O)c3c(O)cc(O)c(C)c3o2)cc1OC. The fourth-order valence-corrected chi connectivity index (χ4v) is 2.56. The Labute approximate surface area is 137 Å². The van der Waals surface area contributed by atoms with Crippen molar-refractivity contribution in [2.45, 2.75) is 6.92 Å². The molecule has 3 rings (SSSR count). The first-order valence-corrected chi connectivity index (χ1v) is 7.18. The molecule has 2 N–H and O–H groups in total. The maximum atomic E-state index is 12.4. The summed E-state index contributed by atoms with van der Waals surface area (Å²) >= 11 is 0. The van der Waals surface area contributed by atoms with Crippen molar-refractivity contribution in [2.75, 3.05) is 14.2 Å². The Morgan fingerprint density at radius 2 is 1.67 bits per heavy atom. The van der Waals surface area contributed by atoms with Crippen LogP contribution >= 0.6 is 0 Å². The Morgan fingerprint density at radius 3 is 2.33 bits per heavy atom. The highest BCUT2D eigenvalue weighted by Gasteiger charge is 2.16. The van der Waals surface area contributed by atoms with E-state index in [0.717, 1.165) is 6.07 Å². The van der Waals surface area contributed by atoms with Gasteiger partial charge < -0.3 is 24.1 Å². The van der Waals surface area contributed by atoms with Gasteiger partial charge in [0.1, 0.15) is 28.2 Å². The molecular weight excluding hydrogens is 312 g/mol. The first kappa shape index (κ1) is 15.7. The summed E-state index contributed by atoms with van der Waals surface area (Å²) in [5.41, 5.74) is 0.725. The van der Waals surface area contributed by atoms with Crippen LogP contribution in [-0.2, 0) is 0 Å². The zero-order chi connectivity index (χ0) is 17.4. The van der Waals surface area contributed by atoms with Gasteiger partial charge in [-0.25, -0.2) is 0 Å². The third-order valence-electron chi connectivity index (χ3n) is 3.87. The van der Waals surface area contributed by atoms with Crippen LogP contribution in [0.5, 0.6) is 23.0 Å². The monoisotopic (exact) mass is 328 g/mol. The van der Waals surface area contributed by atoms with Gasteiger partial charge >= 0.3 is 0 Å². The molecule has 6 heteroatoms. The summed E-state index contributed by atoms with van der Waals surface area (Å²) in [4.78, 5) is 12.4. The van der Waals surface area contributed by atoms with Crippen LogP contribution in [0.15, 0.2) is 39.5 Å². The molecule has 0 aliphatic heterocycles. The predicted octanol–water partition coefficient (Wildman–Crippen LogP) is 3.20. The van der Waals surface area contributed by atoms with Crippen LogP contribution in [0.4, 0.5) is 0 Å². The highest BCUT2D eigenvalue weighted by molar-refractivity contribution is 5.89. The third-order valence-corrected chi connectivity index (χ3v) is 3.87. The number of ether oxygens (including phenoxy) is 2. The normalized spacial score (nSPS) is 10.8. The Kier molecular flexibility index (Phi) is 3.81. The average Bonchev–Trinajstić information content (AvgIpc) is 2.58. The number of aromatic hydroxyl groups is 2. The van der Waals surface area contributed by atoms with Crippen LogP contribution < -0.4 is 14.9 Å². The lowest BCUT2D eigenvalue weighted by Gasteiger charge is -2.11. The van der Waals surface area contributed by atoms with E-state index in [9.17, 15) is 15.0 Å². The lowest BCUT2D eigenvalue weighted by molar-refractivity contribution is 0.355. The minimum atomic E-state index is -0.401. The van der Waals surface area contributed by atoms with Gasteiger partial charge in [0.05, 0.1) is 14.2 Å². The Balaban J connectivity index is 2.29. The average molecular weight is 328 g/mol. The molecule has 0 bridgehead atoms. The minimum absolute atomic E-state index is 0.0366. The molecule has 0 radical (unpaired) electrons. The molecule has 1 aromatic heterocycles. The van der Waals surface area contributed by atoms with E-state index < -0.39 is 5.43 Å². The highest BCUT2D eigenvalue weighted by atomic mass is 16.5. The van der Waals surface area contributed by atoms with E-state index in [2.05, 4.69) is 0 Å². The van der Waals surface area contributed by atoms with Gasteiger partial charge in [-0.2, -0.15) is 0 Å². The molecule has 0 spiro atoms. The molecule has 6 nitrogen and oxygen atoms in total. The lowest BCUT2D eigenvalue weighted by Crippen LogP contribution is -2.02. The standard InChI is InChI=1S/C18H16O6/c1-9-11(19)7-12(20)17-13(21)8-15(24-18(9)17)10-4-5-14(22-2)16(6-10)23-3/h4-8,19-20H,1-3H3. The predicted molar refractivity (Wildman–Crippen MR) is 89.1 cm³/mol. The summed E-state index contributed by atoms with van der Waals surface area (Å²) in [6.07, 6.45) is 0. The molecule has 3 aromatic rings. The van der Waals surface area contributed by atoms with Gasteiger partial charge in [0.2, 0.25) is 0 Å². The third kappa shape index (κ3) is 2.42. The number of methoxy groups -OCH3 is 2. The van der Waals surface area contributed by atoms with E-state index in [-0.39, 0.29) is 22.5 Å². The summed E-state index contributed by atoms with van der Waals surface area (Å²) in [7, 11) is 3.04. The van der Waals surface area contributed by atoms with Crippen LogP contribution in [0.1, 0.15) is 5.56 Å². The molecule has 0 amide bonds. The fourth-order valence-electron chi connectivity index (χ4n) is 2.56. The minimum Gasteiger partial charge on any atom is -0.507 e. The van der Waals surface area contributed by atoms with Gasteiger partial charge in [0, 0.05) is 23.3 Å². The molecule has 0 unspecified atom stereocenters. The van der Waals surface area contributed by atoms with Gasteiger partial charge in [-0.05, 0) is 25.1 Å². The maximum absolute atomic E-state index is 12.4. The number of benzene rings is 2. The number of rotatable bonds is 3. The molecule has 0 fully saturated rings. The van der Waals surface area contributed by atoms with Crippen molar-refractivity contribution in [3.8, 4) is 34.3 Å². The number of aryl methyl sites for hydroxylation is 1. The number of fused-ring (bicyclic) bond motifs is 1. The van der Waals surface area contributed by atoms with Gasteiger partial charge in [0.25, 0.3) is 0 Å². The molecule has 24 heavy (non-hydrogen) atoms. The molecule has 0 atom stereocenters. The lowest BCUT2D eigenvalue weighted by atomic mass is 10.1. The molecular formula is C18H16O6. The molecule has 0 aliphatic rings. The second kappa shape index (κ2) is 5.81. The van der Waals surface area contributed by atoms with E-state index in [1.165, 1.54) is 20.3 Å². The fraction of sp³-hybridized carbons (Fsp3) is 0.167. The molecule has 0 saturated heterocycles. The van der Waals surface area contributed by atoms with E-state index in [4.69, 9.17) is 13.9 Å². The van der Waals surface area contributed by atoms with Crippen LogP contribution in [-0.4, -0.2) is 24.4 Å². The second-order valence-corrected chi connectivity index (χ2v) is 5.29. The molecule has 1 heterocycles. The first-order chi connectivity index (χ1) is 11.5. The van der Waals surface area contributed by atoms with Crippen LogP contribution in [0, 0.1) is 6.92 Å². The zero-order valence-corrected chi connectivity index (χ0v) is 13.4. The van der Waals surface area contributed by atoms with Crippen LogP contribution in [0.3, 0.4) is 0 Å². The largest absolute Gasteiger partial charge is 0.507 e. The Morgan fingerprint density at radius 1 is 0.958 bits per heavy atom. The summed E-state index contributed by atoms with van der Waals surface area (Å²) in [6, 6.07) is 7.53. The number of phenolic OH excluding ortho intramolecular Hbond substituents is 2. The van der Waals surface area contributed by atoms with E-state index in [0.29, 0.717) is 28.4 Å². The van der Waals surface area contributed by atoms with Crippen LogP contribution in [0.2, 0.25) is 0 Å². The van der Waals surface area contributed by atoms with Crippen molar-refractivity contribution in [3.05, 3.63) is 46.1 Å². The number of phenols is 2. The summed E-state index contributed by atoms with van der Waals surface area (Å²) in [5.74, 6) is 0.874. The Hall–Kier alpha value is -3.15. The zero-order valence-electron chi connectivity index (χ0n) is 13.4. The first-order valence-electron chi connectivity index (χ1n) is 7.18. The van der Waals surface area contributed by atoms with Gasteiger partial charge in [0.15, 0.2) is 16.9 Å². The van der Waals surface area contributed by atoms with E-state index in [1.807, 2.05) is 0 Å². The van der Waals surface area contributed by atoms with Crippen LogP contribution in [0.25, 0.3) is 22.3 Å². The Bertz CT molecular complexity index is 987. The summed E-state index contributed by atoms with van der Waals surface area (Å²) < 4.78 is 16.2. The molecule has 124 valence electrons. The van der Waals surface area contributed by atoms with Crippen molar-refractivity contribution in [1.82, 2.24) is 0 Å². The number of hydrogen-bond donors (Lipinski definition) is 2. The quantitative estimate of drug-likeness (QED) is 0.767. The second-order valence-electron chi connectivity index (χ2n) is 5.29. The van der Waals surface area contributed by atoms with Crippen molar-refractivity contribution < 1.29 is 24.1 Å². The molecule has 2 aromatic carbocycles. The number of hydrogen-bond acceptors (Lipinski definition) is 6. The van der Waals surface area contributed by atoms with E-state index >= 15 is 0 Å². The molecule has 0 aliphatic carbocycles. The van der Waals surface area contributed by atoms with Crippen molar-refractivity contribution in [2.24, 2.45) is 0 Å². The van der Waals surface area contributed by atoms with Gasteiger partial charge in [-0.3, -0.25) is 4.79 Å². The van der Waals surface area contributed by atoms with Crippen molar-refractivity contribution in [3.63, 3.8) is 0 Å².